The third-order valence-corrected chi connectivity index (χ3v) is 5.53. The number of hydrogen-bond acceptors (Lipinski definition) is 6. The number of hydrogen-bond donors (Lipinski definition) is 2. The van der Waals surface area contributed by atoms with Crippen LogP contribution in [-0.2, 0) is 6.54 Å². The zero-order chi connectivity index (χ0) is 21.6. The summed E-state index contributed by atoms with van der Waals surface area (Å²) in [6.45, 7) is 1.14. The van der Waals surface area contributed by atoms with Crippen LogP contribution in [0.3, 0.4) is 0 Å². The first-order valence-corrected chi connectivity index (χ1v) is 10.8. The van der Waals surface area contributed by atoms with Crippen LogP contribution >= 0.6 is 22.9 Å². The molecule has 0 radical (unpaired) electrons. The van der Waals surface area contributed by atoms with E-state index in [1.54, 1.807) is 52.0 Å². The molecule has 1 amide bonds. The molecule has 7 nitrogen and oxygen atoms in total. The number of nitrogens with zero attached hydrogens (tertiary/aromatic N) is 3. The van der Waals surface area contributed by atoms with Crippen molar-refractivity contribution in [3.05, 3.63) is 82.6 Å². The number of halogens is 1. The van der Waals surface area contributed by atoms with Crippen molar-refractivity contribution in [3.63, 3.8) is 0 Å². The van der Waals surface area contributed by atoms with Gasteiger partial charge in [-0.05, 0) is 35.4 Å². The Kier molecular flexibility index (Phi) is 6.49. The predicted molar refractivity (Wildman–Crippen MR) is 123 cm³/mol. The summed E-state index contributed by atoms with van der Waals surface area (Å²) < 4.78 is 7.24. The van der Waals surface area contributed by atoms with Crippen molar-refractivity contribution < 1.29 is 9.53 Å². The molecule has 0 spiro atoms. The third-order valence-electron chi connectivity index (χ3n) is 4.48. The number of thiazole rings is 1. The van der Waals surface area contributed by atoms with E-state index in [0.717, 1.165) is 16.0 Å². The Morgan fingerprint density at radius 3 is 2.90 bits per heavy atom. The lowest BCUT2D eigenvalue weighted by molar-refractivity contribution is 0.0947. The van der Waals surface area contributed by atoms with Crippen LogP contribution in [0.15, 0.2) is 66.4 Å². The number of amides is 1. The highest BCUT2D eigenvalue weighted by Crippen LogP contribution is 2.24. The van der Waals surface area contributed by atoms with Crippen molar-refractivity contribution in [1.29, 1.82) is 0 Å². The maximum absolute atomic E-state index is 12.5. The Hall–Kier alpha value is -3.36. The summed E-state index contributed by atoms with van der Waals surface area (Å²) in [6, 6.07) is 15.2. The standard InChI is InChI=1S/C22H20ClN5O2S/c23-17-5-2-6-18(10-17)30-8-7-26-22(29)19-13-28(27-21(19)24)12-15-3-1-4-16(9-15)20-11-25-14-31-20/h1-6,9-11,13-14H,7-8,12H2,(H2,24,27)(H,26,29). The number of nitrogens with two attached hydrogens (primary N) is 1. The average Bonchev–Trinajstić information content (AvgIpc) is 3.41. The molecule has 31 heavy (non-hydrogen) atoms. The van der Waals surface area contributed by atoms with Crippen molar-refractivity contribution in [1.82, 2.24) is 20.1 Å². The molecule has 0 unspecified atom stereocenters. The smallest absolute Gasteiger partial charge is 0.256 e. The number of aromatic nitrogens is 3. The minimum atomic E-state index is -0.295. The van der Waals surface area contributed by atoms with E-state index in [0.29, 0.717) is 36.0 Å². The topological polar surface area (TPSA) is 95.1 Å². The Morgan fingerprint density at radius 2 is 2.10 bits per heavy atom. The number of benzene rings is 2. The van der Waals surface area contributed by atoms with Gasteiger partial charge >= 0.3 is 0 Å². The molecule has 0 bridgehead atoms. The molecule has 2 heterocycles. The molecule has 4 rings (SSSR count). The highest BCUT2D eigenvalue weighted by atomic mass is 35.5. The van der Waals surface area contributed by atoms with E-state index in [1.807, 2.05) is 24.4 Å². The fraction of sp³-hybridized carbons (Fsp3) is 0.136. The Morgan fingerprint density at radius 1 is 1.23 bits per heavy atom. The van der Waals surface area contributed by atoms with Gasteiger partial charge in [0.25, 0.3) is 5.91 Å². The first-order chi connectivity index (χ1) is 15.1. The molecule has 2 aromatic heterocycles. The molecule has 0 aliphatic heterocycles. The molecule has 158 valence electrons. The van der Waals surface area contributed by atoms with Gasteiger partial charge in [0, 0.05) is 17.4 Å². The lowest BCUT2D eigenvalue weighted by Crippen LogP contribution is -2.28. The molecule has 0 fully saturated rings. The van der Waals surface area contributed by atoms with E-state index in [1.165, 1.54) is 0 Å². The van der Waals surface area contributed by atoms with Crippen LogP contribution in [0.2, 0.25) is 5.02 Å². The van der Waals surface area contributed by atoms with Crippen molar-refractivity contribution in [2.75, 3.05) is 18.9 Å². The van der Waals surface area contributed by atoms with Gasteiger partial charge in [0.1, 0.15) is 17.9 Å². The van der Waals surface area contributed by atoms with Gasteiger partial charge in [0.2, 0.25) is 0 Å². The zero-order valence-electron chi connectivity index (χ0n) is 16.5. The minimum Gasteiger partial charge on any atom is -0.492 e. The summed E-state index contributed by atoms with van der Waals surface area (Å²) in [5, 5.41) is 7.67. The lowest BCUT2D eigenvalue weighted by atomic mass is 10.1. The predicted octanol–water partition coefficient (Wildman–Crippen LogP) is 4.10. The van der Waals surface area contributed by atoms with Crippen LogP contribution in [0, 0.1) is 0 Å². The monoisotopic (exact) mass is 453 g/mol. The first-order valence-electron chi connectivity index (χ1n) is 9.56. The fourth-order valence-corrected chi connectivity index (χ4v) is 3.85. The van der Waals surface area contributed by atoms with Gasteiger partial charge in [-0.15, -0.1) is 11.3 Å². The first kappa shape index (κ1) is 20.9. The summed E-state index contributed by atoms with van der Waals surface area (Å²) in [7, 11) is 0. The minimum absolute atomic E-state index is 0.187. The van der Waals surface area contributed by atoms with E-state index in [9.17, 15) is 4.79 Å². The second-order valence-corrected chi connectivity index (χ2v) is 8.08. The summed E-state index contributed by atoms with van der Waals surface area (Å²) in [4.78, 5) is 17.7. The third kappa shape index (κ3) is 5.42. The largest absolute Gasteiger partial charge is 0.492 e. The highest BCUT2D eigenvalue weighted by Gasteiger charge is 2.14. The number of carbonyl (C=O) groups excluding carboxylic acids is 1. The van der Waals surface area contributed by atoms with Gasteiger partial charge in [-0.2, -0.15) is 5.10 Å². The van der Waals surface area contributed by atoms with Crippen LogP contribution in [0.5, 0.6) is 5.75 Å². The zero-order valence-corrected chi connectivity index (χ0v) is 18.1. The number of ether oxygens (including phenoxy) is 1. The SMILES string of the molecule is Nc1nn(Cc2cccc(-c3cncs3)c2)cc1C(=O)NCCOc1cccc(Cl)c1. The van der Waals surface area contributed by atoms with E-state index in [4.69, 9.17) is 22.1 Å². The molecule has 0 saturated carbocycles. The van der Waals surface area contributed by atoms with E-state index >= 15 is 0 Å². The molecule has 9 heteroatoms. The Bertz CT molecular complexity index is 1180. The van der Waals surface area contributed by atoms with Crippen molar-refractivity contribution in [2.45, 2.75) is 6.54 Å². The molecule has 0 atom stereocenters. The lowest BCUT2D eigenvalue weighted by Gasteiger charge is -2.07. The average molecular weight is 454 g/mol. The number of anilines is 1. The summed E-state index contributed by atoms with van der Waals surface area (Å²) in [5.74, 6) is 0.540. The molecule has 3 N–H and O–H groups in total. The van der Waals surface area contributed by atoms with Crippen molar-refractivity contribution in [3.8, 4) is 16.2 Å². The van der Waals surface area contributed by atoms with Crippen LogP contribution in [0.4, 0.5) is 5.82 Å². The molecule has 0 aliphatic rings. The fourth-order valence-electron chi connectivity index (χ4n) is 3.05. The summed E-state index contributed by atoms with van der Waals surface area (Å²) in [6.07, 6.45) is 3.50. The molecular formula is C22H20ClN5O2S. The second-order valence-electron chi connectivity index (χ2n) is 6.75. The number of carbonyl (C=O) groups is 1. The van der Waals surface area contributed by atoms with Crippen molar-refractivity contribution >= 4 is 34.7 Å². The maximum atomic E-state index is 12.5. The molecule has 0 aliphatic carbocycles. The summed E-state index contributed by atoms with van der Waals surface area (Å²) in [5.41, 5.74) is 10.3. The van der Waals surface area contributed by atoms with Gasteiger partial charge in [-0.1, -0.05) is 35.9 Å². The van der Waals surface area contributed by atoms with E-state index < -0.39 is 0 Å². The molecule has 0 saturated heterocycles. The van der Waals surface area contributed by atoms with Crippen LogP contribution in [-0.4, -0.2) is 33.8 Å². The van der Waals surface area contributed by atoms with Crippen LogP contribution < -0.4 is 15.8 Å². The van der Waals surface area contributed by atoms with Gasteiger partial charge in [-0.3, -0.25) is 14.5 Å². The molecule has 2 aromatic carbocycles. The number of rotatable bonds is 8. The molecule has 4 aromatic rings. The van der Waals surface area contributed by atoms with Gasteiger partial charge in [0.05, 0.1) is 23.5 Å². The Labute approximate surface area is 188 Å². The van der Waals surface area contributed by atoms with Crippen LogP contribution in [0.25, 0.3) is 10.4 Å². The Balaban J connectivity index is 1.34. The quantitative estimate of drug-likeness (QED) is 0.391. The second kappa shape index (κ2) is 9.63. The van der Waals surface area contributed by atoms with Gasteiger partial charge < -0.3 is 15.8 Å². The van der Waals surface area contributed by atoms with Gasteiger partial charge in [-0.25, -0.2) is 0 Å². The summed E-state index contributed by atoms with van der Waals surface area (Å²) >= 11 is 7.51. The van der Waals surface area contributed by atoms with Crippen molar-refractivity contribution in [2.24, 2.45) is 0 Å². The van der Waals surface area contributed by atoms with Crippen LogP contribution in [0.1, 0.15) is 15.9 Å². The number of nitrogen functional groups attached to an aromatic ring is 1. The van der Waals surface area contributed by atoms with Gasteiger partial charge in [0.15, 0.2) is 5.82 Å². The number of nitrogens with one attached hydrogen (secondary N) is 1. The molecular weight excluding hydrogens is 434 g/mol. The van der Waals surface area contributed by atoms with E-state index in [-0.39, 0.29) is 11.7 Å². The normalized spacial score (nSPS) is 10.7. The van der Waals surface area contributed by atoms with E-state index in [2.05, 4.69) is 21.5 Å². The maximum Gasteiger partial charge on any atom is 0.256 e. The highest BCUT2D eigenvalue weighted by molar-refractivity contribution is 7.13.